The number of rotatable bonds is 12. The number of hydrogen-bond acceptors (Lipinski definition) is 6. The maximum atomic E-state index is 13.3. The zero-order valence-electron chi connectivity index (χ0n) is 23.5. The summed E-state index contributed by atoms with van der Waals surface area (Å²) in [6.45, 7) is 1.50. The van der Waals surface area contributed by atoms with Gasteiger partial charge in [0.25, 0.3) is 5.91 Å². The predicted molar refractivity (Wildman–Crippen MR) is 158 cm³/mol. The lowest BCUT2D eigenvalue weighted by Gasteiger charge is -2.22. The zero-order chi connectivity index (χ0) is 30.3. The molecule has 0 atom stereocenters. The van der Waals surface area contributed by atoms with Gasteiger partial charge in [-0.2, -0.15) is 13.2 Å². The molecule has 0 radical (unpaired) electrons. The third-order valence-electron chi connectivity index (χ3n) is 6.62. The van der Waals surface area contributed by atoms with Crippen LogP contribution in [0, 0.1) is 0 Å². The Hall–Kier alpha value is -3.60. The van der Waals surface area contributed by atoms with E-state index >= 15 is 0 Å². The van der Waals surface area contributed by atoms with Crippen molar-refractivity contribution in [2.75, 3.05) is 27.8 Å². The first-order chi connectivity index (χ1) is 20.0. The van der Waals surface area contributed by atoms with Crippen molar-refractivity contribution in [3.8, 4) is 11.5 Å². The van der Waals surface area contributed by atoms with Crippen LogP contribution in [0.15, 0.2) is 72.1 Å². The van der Waals surface area contributed by atoms with Crippen molar-refractivity contribution >= 4 is 28.8 Å². The van der Waals surface area contributed by atoms with Crippen molar-refractivity contribution in [3.05, 3.63) is 110 Å². The Labute approximate surface area is 252 Å². The summed E-state index contributed by atoms with van der Waals surface area (Å²) in [4.78, 5) is 21.3. The topological polar surface area (TPSA) is 54.9 Å². The molecule has 0 fully saturated rings. The number of amides is 1. The number of likely N-dealkylation sites (N-methyl/N-ethyl adjacent to an activating group) is 1. The molecule has 0 saturated carbocycles. The molecule has 1 aromatic heterocycles. The summed E-state index contributed by atoms with van der Waals surface area (Å²) in [6.07, 6.45) is -3.81. The van der Waals surface area contributed by atoms with Gasteiger partial charge in [0.15, 0.2) is 11.5 Å². The lowest BCUT2D eigenvalue weighted by atomic mass is 10.1. The molecular weight excluding hydrogens is 587 g/mol. The van der Waals surface area contributed by atoms with Crippen LogP contribution in [0.3, 0.4) is 0 Å². The Morgan fingerprint density at radius 3 is 2.26 bits per heavy atom. The fraction of sp³-hybridized carbons (Fsp3) is 0.290. The Morgan fingerprint density at radius 1 is 0.905 bits per heavy atom. The molecule has 6 nitrogen and oxygen atoms in total. The number of thiazole rings is 1. The van der Waals surface area contributed by atoms with E-state index in [1.807, 2.05) is 41.3 Å². The third kappa shape index (κ3) is 8.47. The van der Waals surface area contributed by atoms with Crippen LogP contribution < -0.4 is 9.47 Å². The van der Waals surface area contributed by atoms with Crippen molar-refractivity contribution < 1.29 is 27.4 Å². The molecule has 1 amide bonds. The Kier molecular flexibility index (Phi) is 10.5. The van der Waals surface area contributed by atoms with Crippen LogP contribution in [0.5, 0.6) is 11.5 Å². The van der Waals surface area contributed by atoms with E-state index < -0.39 is 11.7 Å². The van der Waals surface area contributed by atoms with E-state index in [0.29, 0.717) is 58.8 Å². The lowest BCUT2D eigenvalue weighted by Crippen LogP contribution is -2.29. The van der Waals surface area contributed by atoms with Gasteiger partial charge in [-0.05, 0) is 53.4 Å². The molecule has 0 aliphatic heterocycles. The number of alkyl halides is 3. The Balaban J connectivity index is 1.45. The van der Waals surface area contributed by atoms with Gasteiger partial charge in [-0.3, -0.25) is 9.69 Å². The monoisotopic (exact) mass is 617 g/mol. The molecule has 0 aliphatic carbocycles. The normalized spacial score (nSPS) is 11.5. The van der Waals surface area contributed by atoms with E-state index in [-0.39, 0.29) is 12.5 Å². The van der Waals surface area contributed by atoms with Gasteiger partial charge in [0.1, 0.15) is 10.7 Å². The van der Waals surface area contributed by atoms with Crippen LogP contribution in [-0.2, 0) is 32.2 Å². The van der Waals surface area contributed by atoms with Crippen LogP contribution in [0.1, 0.15) is 37.7 Å². The summed E-state index contributed by atoms with van der Waals surface area (Å²) < 4.78 is 50.6. The second kappa shape index (κ2) is 14.0. The summed E-state index contributed by atoms with van der Waals surface area (Å²) in [5.41, 5.74) is 2.07. The minimum Gasteiger partial charge on any atom is -0.493 e. The largest absolute Gasteiger partial charge is 0.493 e. The summed E-state index contributed by atoms with van der Waals surface area (Å²) >= 11 is 7.52. The third-order valence-corrected chi connectivity index (χ3v) is 7.68. The average molecular weight is 618 g/mol. The first-order valence-corrected chi connectivity index (χ1v) is 14.3. The minimum atomic E-state index is -4.43. The summed E-state index contributed by atoms with van der Waals surface area (Å²) in [5, 5.41) is 2.97. The zero-order valence-corrected chi connectivity index (χ0v) is 25.0. The number of nitrogens with zero attached hydrogens (tertiary/aromatic N) is 3. The average Bonchev–Trinajstić information content (AvgIpc) is 3.43. The fourth-order valence-electron chi connectivity index (χ4n) is 4.47. The van der Waals surface area contributed by atoms with Crippen molar-refractivity contribution in [1.82, 2.24) is 14.8 Å². The molecule has 1 heterocycles. The number of carbonyl (C=O) groups is 1. The molecular formula is C31H31ClF3N3O3S. The van der Waals surface area contributed by atoms with E-state index in [2.05, 4.69) is 4.98 Å². The molecule has 0 N–H and O–H groups in total. The Bertz CT molecular complexity index is 1510. The SMILES string of the molecule is COc1ccc(CCN(C)C(=O)c2csc(CN(Cc3cccc(Cl)c3)Cc3cccc(C(F)(F)F)c3)n2)cc1OC. The Morgan fingerprint density at radius 2 is 1.60 bits per heavy atom. The van der Waals surface area contributed by atoms with Gasteiger partial charge in [-0.15, -0.1) is 11.3 Å². The number of methoxy groups -OCH3 is 2. The molecule has 0 unspecified atom stereocenters. The fourth-order valence-corrected chi connectivity index (χ4v) is 5.49. The minimum absolute atomic E-state index is 0.211. The number of aromatic nitrogens is 1. The van der Waals surface area contributed by atoms with Crippen molar-refractivity contribution in [1.29, 1.82) is 0 Å². The number of carbonyl (C=O) groups excluding carboxylic acids is 1. The number of benzene rings is 3. The van der Waals surface area contributed by atoms with Crippen LogP contribution in [0.2, 0.25) is 5.02 Å². The molecule has 3 aromatic carbocycles. The van der Waals surface area contributed by atoms with Crippen LogP contribution in [0.25, 0.3) is 0 Å². The van der Waals surface area contributed by atoms with Crippen molar-refractivity contribution in [2.45, 2.75) is 32.2 Å². The van der Waals surface area contributed by atoms with Gasteiger partial charge in [0.05, 0.1) is 26.3 Å². The van der Waals surface area contributed by atoms with E-state index in [4.69, 9.17) is 21.1 Å². The summed E-state index contributed by atoms with van der Waals surface area (Å²) in [6, 6.07) is 18.3. The van der Waals surface area contributed by atoms with Crippen molar-refractivity contribution in [2.24, 2.45) is 0 Å². The van der Waals surface area contributed by atoms with E-state index in [1.54, 1.807) is 43.7 Å². The highest BCUT2D eigenvalue weighted by Gasteiger charge is 2.30. The molecule has 4 aromatic rings. The molecule has 0 aliphatic rings. The van der Waals surface area contributed by atoms with Crippen LogP contribution >= 0.6 is 22.9 Å². The van der Waals surface area contributed by atoms with Gasteiger partial charge in [0, 0.05) is 37.1 Å². The quantitative estimate of drug-likeness (QED) is 0.166. The molecule has 222 valence electrons. The number of halogens is 4. The van der Waals surface area contributed by atoms with Gasteiger partial charge in [-0.1, -0.05) is 48.0 Å². The second-order valence-electron chi connectivity index (χ2n) is 9.77. The van der Waals surface area contributed by atoms with Gasteiger partial charge >= 0.3 is 6.18 Å². The van der Waals surface area contributed by atoms with Crippen LogP contribution in [0.4, 0.5) is 13.2 Å². The maximum Gasteiger partial charge on any atom is 0.416 e. The highest BCUT2D eigenvalue weighted by Crippen LogP contribution is 2.30. The molecule has 4 rings (SSSR count). The molecule has 42 heavy (non-hydrogen) atoms. The highest BCUT2D eigenvalue weighted by atomic mass is 35.5. The number of ether oxygens (including phenoxy) is 2. The number of hydrogen-bond donors (Lipinski definition) is 0. The first-order valence-electron chi connectivity index (χ1n) is 13.1. The smallest absolute Gasteiger partial charge is 0.416 e. The predicted octanol–water partition coefficient (Wildman–Crippen LogP) is 7.35. The summed E-state index contributed by atoms with van der Waals surface area (Å²) in [5.74, 6) is 1.05. The highest BCUT2D eigenvalue weighted by molar-refractivity contribution is 7.09. The van der Waals surface area contributed by atoms with Gasteiger partial charge < -0.3 is 14.4 Å². The van der Waals surface area contributed by atoms with Gasteiger partial charge in [-0.25, -0.2) is 4.98 Å². The molecule has 0 saturated heterocycles. The standard InChI is InChI=1S/C31H31ClF3N3O3S/c1-37(13-12-21-10-11-27(40-2)28(16-21)41-3)30(39)26-20-42-29(36-26)19-38(18-23-7-5-9-25(32)15-23)17-22-6-4-8-24(14-22)31(33,34)35/h4-11,14-16,20H,12-13,17-19H2,1-3H3. The molecule has 0 spiro atoms. The molecule has 11 heteroatoms. The van der Waals surface area contributed by atoms with E-state index in [0.717, 1.165) is 23.3 Å². The maximum absolute atomic E-state index is 13.3. The second-order valence-corrected chi connectivity index (χ2v) is 11.1. The molecule has 0 bridgehead atoms. The van der Waals surface area contributed by atoms with E-state index in [9.17, 15) is 18.0 Å². The van der Waals surface area contributed by atoms with Crippen molar-refractivity contribution in [3.63, 3.8) is 0 Å². The lowest BCUT2D eigenvalue weighted by molar-refractivity contribution is -0.137. The first kappa shape index (κ1) is 31.3. The van der Waals surface area contributed by atoms with Gasteiger partial charge in [0.2, 0.25) is 0 Å². The summed E-state index contributed by atoms with van der Waals surface area (Å²) in [7, 11) is 4.88. The van der Waals surface area contributed by atoms with Crippen LogP contribution in [-0.4, -0.2) is 48.5 Å². The van der Waals surface area contributed by atoms with E-state index in [1.165, 1.54) is 17.4 Å².